The van der Waals surface area contributed by atoms with Gasteiger partial charge in [0, 0.05) is 17.3 Å². The number of halogens is 1. The topological polar surface area (TPSA) is 81.5 Å². The lowest BCUT2D eigenvalue weighted by atomic mass is 10.2. The molecule has 0 saturated heterocycles. The molecule has 0 aliphatic heterocycles. The molecule has 0 saturated carbocycles. The molecule has 0 bridgehead atoms. The molecule has 0 aliphatic rings. The molecule has 0 unspecified atom stereocenters. The van der Waals surface area contributed by atoms with E-state index in [0.29, 0.717) is 17.0 Å². The number of nitro benzene ring substituents is 1. The lowest BCUT2D eigenvalue weighted by molar-refractivity contribution is -0.385. The van der Waals surface area contributed by atoms with E-state index in [4.69, 9.17) is 4.74 Å². The average molecular weight is 304 g/mol. The second-order valence-electron chi connectivity index (χ2n) is 4.55. The lowest BCUT2D eigenvalue weighted by Crippen LogP contribution is -2.20. The number of nitro groups is 1. The van der Waals surface area contributed by atoms with Crippen LogP contribution in [0.4, 0.5) is 15.8 Å². The van der Waals surface area contributed by atoms with E-state index in [2.05, 4.69) is 5.32 Å². The third kappa shape index (κ3) is 4.02. The number of carbonyl (C=O) groups excluding carboxylic acids is 1. The number of nitrogens with zero attached hydrogens (tertiary/aromatic N) is 1. The van der Waals surface area contributed by atoms with Gasteiger partial charge < -0.3 is 10.1 Å². The van der Waals surface area contributed by atoms with Crippen molar-refractivity contribution >= 4 is 17.3 Å². The maximum absolute atomic E-state index is 12.7. The van der Waals surface area contributed by atoms with E-state index in [1.54, 1.807) is 6.92 Å². The van der Waals surface area contributed by atoms with Crippen molar-refractivity contribution in [3.63, 3.8) is 0 Å². The highest BCUT2D eigenvalue weighted by atomic mass is 19.1. The summed E-state index contributed by atoms with van der Waals surface area (Å²) in [5.74, 6) is -0.449. The maximum atomic E-state index is 12.7. The molecule has 7 heteroatoms. The minimum Gasteiger partial charge on any atom is -0.484 e. The molecule has 2 aromatic rings. The first-order valence-corrected chi connectivity index (χ1v) is 6.39. The van der Waals surface area contributed by atoms with Crippen molar-refractivity contribution in [2.75, 3.05) is 11.9 Å². The van der Waals surface area contributed by atoms with Crippen LogP contribution in [0, 0.1) is 22.9 Å². The minimum absolute atomic E-state index is 0.0110. The second kappa shape index (κ2) is 6.66. The Labute approximate surface area is 125 Å². The quantitative estimate of drug-likeness (QED) is 0.680. The Hall–Kier alpha value is -2.96. The summed E-state index contributed by atoms with van der Waals surface area (Å²) in [6.45, 7) is 1.33. The van der Waals surface area contributed by atoms with E-state index in [1.807, 2.05) is 0 Å². The zero-order chi connectivity index (χ0) is 16.1. The van der Waals surface area contributed by atoms with Gasteiger partial charge in [0.05, 0.1) is 4.92 Å². The normalized spacial score (nSPS) is 10.1. The molecule has 0 heterocycles. The van der Waals surface area contributed by atoms with Crippen LogP contribution in [0.5, 0.6) is 5.75 Å². The maximum Gasteiger partial charge on any atom is 0.272 e. The molecule has 0 aliphatic carbocycles. The van der Waals surface area contributed by atoms with Crippen molar-refractivity contribution in [2.45, 2.75) is 6.92 Å². The fourth-order valence-corrected chi connectivity index (χ4v) is 1.80. The number of amides is 1. The monoisotopic (exact) mass is 304 g/mol. The minimum atomic E-state index is -0.486. The van der Waals surface area contributed by atoms with E-state index in [-0.39, 0.29) is 12.3 Å². The van der Waals surface area contributed by atoms with Gasteiger partial charge in [-0.05, 0) is 43.3 Å². The van der Waals surface area contributed by atoms with Crippen LogP contribution in [-0.4, -0.2) is 17.4 Å². The second-order valence-corrected chi connectivity index (χ2v) is 4.55. The number of benzene rings is 2. The summed E-state index contributed by atoms with van der Waals surface area (Å²) in [5.41, 5.74) is 0.888. The fraction of sp³-hybridized carbons (Fsp3) is 0.133. The average Bonchev–Trinajstić information content (AvgIpc) is 2.47. The van der Waals surface area contributed by atoms with Crippen molar-refractivity contribution in [3.8, 4) is 5.75 Å². The summed E-state index contributed by atoms with van der Waals surface area (Å²) in [4.78, 5) is 21.9. The van der Waals surface area contributed by atoms with Crippen LogP contribution in [0.2, 0.25) is 0 Å². The first kappa shape index (κ1) is 15.4. The SMILES string of the molecule is Cc1cc(OCC(=O)Nc2ccc(F)cc2)ccc1[N+](=O)[O-]. The first-order valence-electron chi connectivity index (χ1n) is 6.39. The predicted molar refractivity (Wildman–Crippen MR) is 78.4 cm³/mol. The highest BCUT2D eigenvalue weighted by Crippen LogP contribution is 2.23. The number of aryl methyl sites for hydroxylation is 1. The smallest absolute Gasteiger partial charge is 0.272 e. The third-order valence-corrected chi connectivity index (χ3v) is 2.86. The van der Waals surface area contributed by atoms with Crippen LogP contribution >= 0.6 is 0 Å². The summed E-state index contributed by atoms with van der Waals surface area (Å²) < 4.78 is 18.0. The zero-order valence-corrected chi connectivity index (χ0v) is 11.7. The Kier molecular flexibility index (Phi) is 4.67. The van der Waals surface area contributed by atoms with E-state index in [1.165, 1.54) is 42.5 Å². The van der Waals surface area contributed by atoms with Crippen molar-refractivity contribution < 1.29 is 18.8 Å². The molecule has 2 rings (SSSR count). The Morgan fingerprint density at radius 3 is 2.55 bits per heavy atom. The van der Waals surface area contributed by atoms with Crippen LogP contribution in [0.1, 0.15) is 5.56 Å². The van der Waals surface area contributed by atoms with Crippen molar-refractivity contribution in [2.24, 2.45) is 0 Å². The van der Waals surface area contributed by atoms with Crippen LogP contribution in [0.25, 0.3) is 0 Å². The van der Waals surface area contributed by atoms with Gasteiger partial charge in [-0.15, -0.1) is 0 Å². The Balaban J connectivity index is 1.92. The molecule has 0 fully saturated rings. The molecule has 0 radical (unpaired) electrons. The fourth-order valence-electron chi connectivity index (χ4n) is 1.80. The van der Waals surface area contributed by atoms with Crippen molar-refractivity contribution in [1.29, 1.82) is 0 Å². The van der Waals surface area contributed by atoms with Gasteiger partial charge in [-0.3, -0.25) is 14.9 Å². The van der Waals surface area contributed by atoms with Gasteiger partial charge in [0.15, 0.2) is 6.61 Å². The van der Waals surface area contributed by atoms with Gasteiger partial charge in [0.2, 0.25) is 0 Å². The zero-order valence-electron chi connectivity index (χ0n) is 11.7. The number of carbonyl (C=O) groups is 1. The van der Waals surface area contributed by atoms with E-state index < -0.39 is 16.6 Å². The summed E-state index contributed by atoms with van der Waals surface area (Å²) >= 11 is 0. The highest BCUT2D eigenvalue weighted by molar-refractivity contribution is 5.91. The molecule has 0 atom stereocenters. The van der Waals surface area contributed by atoms with Gasteiger partial charge in [0.1, 0.15) is 11.6 Å². The number of hydrogen-bond donors (Lipinski definition) is 1. The molecular formula is C15H13FN2O4. The lowest BCUT2D eigenvalue weighted by Gasteiger charge is -2.08. The number of rotatable bonds is 5. The summed E-state index contributed by atoms with van der Waals surface area (Å²) in [6.07, 6.45) is 0. The number of ether oxygens (including phenoxy) is 1. The molecular weight excluding hydrogens is 291 g/mol. The molecule has 114 valence electrons. The molecule has 6 nitrogen and oxygen atoms in total. The number of hydrogen-bond acceptors (Lipinski definition) is 4. The van der Waals surface area contributed by atoms with E-state index in [9.17, 15) is 19.3 Å². The number of nitrogens with one attached hydrogen (secondary N) is 1. The molecule has 2 aromatic carbocycles. The van der Waals surface area contributed by atoms with E-state index >= 15 is 0 Å². The molecule has 0 spiro atoms. The summed E-state index contributed by atoms with van der Waals surface area (Å²) in [6, 6.07) is 9.57. The van der Waals surface area contributed by atoms with Crippen LogP contribution in [0.15, 0.2) is 42.5 Å². The summed E-state index contributed by atoms with van der Waals surface area (Å²) in [7, 11) is 0. The molecule has 22 heavy (non-hydrogen) atoms. The van der Waals surface area contributed by atoms with Crippen molar-refractivity contribution in [1.82, 2.24) is 0 Å². The third-order valence-electron chi connectivity index (χ3n) is 2.86. The summed E-state index contributed by atoms with van der Waals surface area (Å²) in [5, 5.41) is 13.2. The van der Waals surface area contributed by atoms with Crippen LogP contribution < -0.4 is 10.1 Å². The first-order chi connectivity index (χ1) is 10.5. The Morgan fingerprint density at radius 1 is 1.27 bits per heavy atom. The van der Waals surface area contributed by atoms with Gasteiger partial charge >= 0.3 is 0 Å². The number of anilines is 1. The van der Waals surface area contributed by atoms with Gasteiger partial charge in [-0.25, -0.2) is 4.39 Å². The molecule has 1 amide bonds. The van der Waals surface area contributed by atoms with Crippen LogP contribution in [-0.2, 0) is 4.79 Å². The van der Waals surface area contributed by atoms with Crippen molar-refractivity contribution in [3.05, 3.63) is 64.0 Å². The molecule has 0 aromatic heterocycles. The highest BCUT2D eigenvalue weighted by Gasteiger charge is 2.11. The molecule has 1 N–H and O–H groups in total. The van der Waals surface area contributed by atoms with Gasteiger partial charge in [-0.1, -0.05) is 0 Å². The Bertz CT molecular complexity index is 701. The largest absolute Gasteiger partial charge is 0.484 e. The standard InChI is InChI=1S/C15H13FN2O4/c1-10-8-13(6-7-14(10)18(20)21)22-9-15(19)17-12-4-2-11(16)3-5-12/h2-8H,9H2,1H3,(H,17,19). The van der Waals surface area contributed by atoms with Crippen LogP contribution in [0.3, 0.4) is 0 Å². The van der Waals surface area contributed by atoms with Gasteiger partial charge in [0.25, 0.3) is 11.6 Å². The van der Waals surface area contributed by atoms with E-state index in [0.717, 1.165) is 0 Å². The predicted octanol–water partition coefficient (Wildman–Crippen LogP) is 3.06. The van der Waals surface area contributed by atoms with Gasteiger partial charge in [-0.2, -0.15) is 0 Å². The Morgan fingerprint density at radius 2 is 1.95 bits per heavy atom.